The van der Waals surface area contributed by atoms with Gasteiger partial charge in [0, 0.05) is 6.20 Å². The van der Waals surface area contributed by atoms with E-state index < -0.39 is 0 Å². The summed E-state index contributed by atoms with van der Waals surface area (Å²) >= 11 is 1.36. The number of carbonyl (C=O) groups is 1. The van der Waals surface area contributed by atoms with Crippen LogP contribution >= 0.6 is 11.3 Å². The number of nitrogens with zero attached hydrogens (tertiary/aromatic N) is 4. The molecule has 0 aliphatic heterocycles. The molecular weight excluding hydrogens is 238 g/mol. The van der Waals surface area contributed by atoms with Gasteiger partial charge in [-0.3, -0.25) is 15.1 Å². The Labute approximate surface area is 102 Å². The van der Waals surface area contributed by atoms with Gasteiger partial charge in [-0.1, -0.05) is 18.3 Å². The highest BCUT2D eigenvalue weighted by molar-refractivity contribution is 7.15. The largest absolute Gasteiger partial charge is 0.295 e. The number of amides is 1. The van der Waals surface area contributed by atoms with Gasteiger partial charge in [-0.15, -0.1) is 10.2 Å². The smallest absolute Gasteiger partial charge is 0.277 e. The van der Waals surface area contributed by atoms with E-state index in [4.69, 9.17) is 0 Å². The Morgan fingerprint density at radius 2 is 2.18 bits per heavy atom. The Morgan fingerprint density at radius 3 is 2.76 bits per heavy atom. The molecule has 6 nitrogen and oxygen atoms in total. The fraction of sp³-hybridized carbons (Fsp3) is 0.300. The van der Waals surface area contributed by atoms with E-state index in [9.17, 15) is 4.79 Å². The summed E-state index contributed by atoms with van der Waals surface area (Å²) < 4.78 is 0. The van der Waals surface area contributed by atoms with Crippen molar-refractivity contribution in [1.82, 2.24) is 20.2 Å². The maximum absolute atomic E-state index is 11.7. The molecule has 2 aromatic heterocycles. The SMILES string of the molecule is CCc1nnc(NC(=O)c2cnc(C)cn2)s1. The maximum Gasteiger partial charge on any atom is 0.277 e. The normalized spacial score (nSPS) is 10.2. The van der Waals surface area contributed by atoms with Gasteiger partial charge in [-0.05, 0) is 13.3 Å². The summed E-state index contributed by atoms with van der Waals surface area (Å²) in [6, 6.07) is 0. The standard InChI is InChI=1S/C10H11N5OS/c1-3-8-14-15-10(17-8)13-9(16)7-5-11-6(2)4-12-7/h4-5H,3H2,1-2H3,(H,13,15,16). The second-order valence-corrected chi connectivity index (χ2v) is 4.41. The first-order valence-corrected chi connectivity index (χ1v) is 5.93. The van der Waals surface area contributed by atoms with Crippen molar-refractivity contribution < 1.29 is 4.79 Å². The third-order valence-corrected chi connectivity index (χ3v) is 2.99. The van der Waals surface area contributed by atoms with Crippen molar-refractivity contribution in [2.45, 2.75) is 20.3 Å². The Kier molecular flexibility index (Phi) is 3.38. The molecule has 7 heteroatoms. The summed E-state index contributed by atoms with van der Waals surface area (Å²) in [7, 11) is 0. The van der Waals surface area contributed by atoms with Crippen LogP contribution in [-0.2, 0) is 6.42 Å². The molecule has 0 radical (unpaired) electrons. The van der Waals surface area contributed by atoms with Crippen LogP contribution in [0, 0.1) is 6.92 Å². The van der Waals surface area contributed by atoms with E-state index in [0.717, 1.165) is 17.1 Å². The number of nitrogens with one attached hydrogen (secondary N) is 1. The van der Waals surface area contributed by atoms with Crippen LogP contribution in [0.3, 0.4) is 0 Å². The second kappa shape index (κ2) is 4.96. The van der Waals surface area contributed by atoms with Crippen LogP contribution in [0.2, 0.25) is 0 Å². The van der Waals surface area contributed by atoms with Gasteiger partial charge in [0.15, 0.2) is 0 Å². The molecule has 0 aliphatic rings. The van der Waals surface area contributed by atoms with Gasteiger partial charge in [-0.2, -0.15) is 0 Å². The van der Waals surface area contributed by atoms with Crippen LogP contribution in [0.15, 0.2) is 12.4 Å². The molecule has 0 aromatic carbocycles. The number of carbonyl (C=O) groups excluding carboxylic acids is 1. The topological polar surface area (TPSA) is 80.7 Å². The lowest BCUT2D eigenvalue weighted by atomic mass is 10.4. The highest BCUT2D eigenvalue weighted by atomic mass is 32.1. The van der Waals surface area contributed by atoms with E-state index in [2.05, 4.69) is 25.5 Å². The van der Waals surface area contributed by atoms with Crippen molar-refractivity contribution in [2.75, 3.05) is 5.32 Å². The first-order valence-electron chi connectivity index (χ1n) is 5.11. The molecule has 0 atom stereocenters. The fourth-order valence-electron chi connectivity index (χ4n) is 1.12. The molecule has 0 unspecified atom stereocenters. The number of aryl methyl sites for hydroxylation is 2. The lowest BCUT2D eigenvalue weighted by molar-refractivity contribution is 0.102. The molecule has 88 valence electrons. The number of hydrogen-bond acceptors (Lipinski definition) is 6. The highest BCUT2D eigenvalue weighted by Crippen LogP contribution is 2.15. The first-order chi connectivity index (χ1) is 8.19. The van der Waals surface area contributed by atoms with Crippen LogP contribution < -0.4 is 5.32 Å². The minimum Gasteiger partial charge on any atom is -0.295 e. The Balaban J connectivity index is 2.08. The van der Waals surface area contributed by atoms with Crippen molar-refractivity contribution >= 4 is 22.4 Å². The van der Waals surface area contributed by atoms with Gasteiger partial charge in [-0.25, -0.2) is 4.98 Å². The van der Waals surface area contributed by atoms with Crippen LogP contribution in [0.1, 0.15) is 28.1 Å². The molecule has 2 rings (SSSR count). The number of rotatable bonds is 3. The predicted octanol–water partition coefficient (Wildman–Crippen LogP) is 1.45. The molecule has 0 fully saturated rings. The molecule has 17 heavy (non-hydrogen) atoms. The third kappa shape index (κ3) is 2.82. The zero-order chi connectivity index (χ0) is 12.3. The summed E-state index contributed by atoms with van der Waals surface area (Å²) in [5.41, 5.74) is 1.04. The molecule has 0 spiro atoms. The molecule has 0 saturated carbocycles. The van der Waals surface area contributed by atoms with E-state index in [0.29, 0.717) is 5.13 Å². The molecule has 0 bridgehead atoms. The summed E-state index contributed by atoms with van der Waals surface area (Å²) in [6.07, 6.45) is 3.79. The van der Waals surface area contributed by atoms with Crippen molar-refractivity contribution in [3.8, 4) is 0 Å². The second-order valence-electron chi connectivity index (χ2n) is 3.35. The van der Waals surface area contributed by atoms with Gasteiger partial charge >= 0.3 is 0 Å². The molecule has 0 saturated heterocycles. The van der Waals surface area contributed by atoms with Gasteiger partial charge < -0.3 is 0 Å². The molecule has 2 heterocycles. The maximum atomic E-state index is 11.7. The minimum absolute atomic E-state index is 0.267. The Morgan fingerprint density at radius 1 is 1.35 bits per heavy atom. The number of aromatic nitrogens is 4. The monoisotopic (exact) mass is 249 g/mol. The van der Waals surface area contributed by atoms with Crippen molar-refractivity contribution in [3.63, 3.8) is 0 Å². The van der Waals surface area contributed by atoms with Crippen LogP contribution in [0.4, 0.5) is 5.13 Å². The van der Waals surface area contributed by atoms with E-state index in [-0.39, 0.29) is 11.6 Å². The average molecular weight is 249 g/mol. The predicted molar refractivity (Wildman–Crippen MR) is 64.0 cm³/mol. The number of anilines is 1. The van der Waals surface area contributed by atoms with E-state index in [1.807, 2.05) is 13.8 Å². The Bertz CT molecular complexity index is 522. The summed E-state index contributed by atoms with van der Waals surface area (Å²) in [4.78, 5) is 19.7. The molecular formula is C10H11N5OS. The van der Waals surface area contributed by atoms with Gasteiger partial charge in [0.2, 0.25) is 5.13 Å². The zero-order valence-corrected chi connectivity index (χ0v) is 10.3. The molecule has 1 N–H and O–H groups in total. The van der Waals surface area contributed by atoms with Crippen molar-refractivity contribution in [2.24, 2.45) is 0 Å². The van der Waals surface area contributed by atoms with Gasteiger partial charge in [0.05, 0.1) is 11.9 Å². The average Bonchev–Trinajstić information content (AvgIpc) is 2.77. The van der Waals surface area contributed by atoms with Crippen LogP contribution in [-0.4, -0.2) is 26.1 Å². The quantitative estimate of drug-likeness (QED) is 0.890. The molecule has 1 amide bonds. The van der Waals surface area contributed by atoms with Crippen LogP contribution in [0.5, 0.6) is 0 Å². The van der Waals surface area contributed by atoms with Gasteiger partial charge in [0.1, 0.15) is 10.7 Å². The highest BCUT2D eigenvalue weighted by Gasteiger charge is 2.10. The van der Waals surface area contributed by atoms with E-state index >= 15 is 0 Å². The summed E-state index contributed by atoms with van der Waals surface area (Å²) in [5, 5.41) is 11.8. The van der Waals surface area contributed by atoms with Crippen molar-refractivity contribution in [1.29, 1.82) is 0 Å². The van der Waals surface area contributed by atoms with Crippen LogP contribution in [0.25, 0.3) is 0 Å². The number of hydrogen-bond donors (Lipinski definition) is 1. The summed E-state index contributed by atoms with van der Waals surface area (Å²) in [5.74, 6) is -0.323. The van der Waals surface area contributed by atoms with Gasteiger partial charge in [0.25, 0.3) is 5.91 Å². The van der Waals surface area contributed by atoms with Crippen molar-refractivity contribution in [3.05, 3.63) is 28.8 Å². The lowest BCUT2D eigenvalue weighted by Gasteiger charge is -1.99. The third-order valence-electron chi connectivity index (χ3n) is 2.00. The molecule has 0 aliphatic carbocycles. The minimum atomic E-state index is -0.323. The lowest BCUT2D eigenvalue weighted by Crippen LogP contribution is -2.13. The summed E-state index contributed by atoms with van der Waals surface area (Å²) in [6.45, 7) is 3.80. The van der Waals surface area contributed by atoms with E-state index in [1.165, 1.54) is 17.5 Å². The Hall–Kier alpha value is -1.89. The fourth-order valence-corrected chi connectivity index (χ4v) is 1.79. The van der Waals surface area contributed by atoms with E-state index in [1.54, 1.807) is 6.20 Å². The molecule has 2 aromatic rings. The zero-order valence-electron chi connectivity index (χ0n) is 9.47. The first kappa shape index (κ1) is 11.6.